The van der Waals surface area contributed by atoms with Gasteiger partial charge in [-0.05, 0) is 50.6 Å². The van der Waals surface area contributed by atoms with E-state index in [9.17, 15) is 9.59 Å². The third-order valence-electron chi connectivity index (χ3n) is 4.71. The number of rotatable bonds is 5. The van der Waals surface area contributed by atoms with Crippen molar-refractivity contribution < 1.29 is 23.8 Å². The molecule has 6 nitrogen and oxygen atoms in total. The van der Waals surface area contributed by atoms with Crippen molar-refractivity contribution in [2.24, 2.45) is 0 Å². The van der Waals surface area contributed by atoms with E-state index in [-0.39, 0.29) is 18.2 Å². The fourth-order valence-electron chi connectivity index (χ4n) is 3.13. The Bertz CT molecular complexity index is 834. The summed E-state index contributed by atoms with van der Waals surface area (Å²) in [5, 5.41) is 0. The standard InChI is InChI=1S/C24H29NO5/c1-24(2,3)30-23(27)25-15-13-21(14-16-25)29-22(26)19-9-11-20(12-10-19)28-17-18-7-5-4-6-8-18/h4-12,21H,13-17H2,1-3H3. The monoisotopic (exact) mass is 411 g/mol. The molecule has 1 aliphatic rings. The van der Waals surface area contributed by atoms with Gasteiger partial charge in [-0.1, -0.05) is 30.3 Å². The number of likely N-dealkylation sites (tertiary alicyclic amines) is 1. The predicted octanol–water partition coefficient (Wildman–Crippen LogP) is 4.82. The zero-order valence-corrected chi connectivity index (χ0v) is 17.8. The minimum atomic E-state index is -0.516. The molecule has 1 amide bonds. The first kappa shape index (κ1) is 21.7. The van der Waals surface area contributed by atoms with Gasteiger partial charge in [0.1, 0.15) is 24.1 Å². The Hall–Kier alpha value is -3.02. The van der Waals surface area contributed by atoms with Crippen molar-refractivity contribution in [1.82, 2.24) is 4.90 Å². The Balaban J connectivity index is 1.44. The largest absolute Gasteiger partial charge is 0.489 e. The summed E-state index contributed by atoms with van der Waals surface area (Å²) in [7, 11) is 0. The molecule has 1 saturated heterocycles. The number of benzene rings is 2. The van der Waals surface area contributed by atoms with Gasteiger partial charge in [-0.3, -0.25) is 0 Å². The van der Waals surface area contributed by atoms with Crippen LogP contribution in [0.3, 0.4) is 0 Å². The fourth-order valence-corrected chi connectivity index (χ4v) is 3.13. The third kappa shape index (κ3) is 6.51. The average molecular weight is 411 g/mol. The number of carbonyl (C=O) groups is 2. The van der Waals surface area contributed by atoms with E-state index in [0.717, 1.165) is 5.56 Å². The van der Waals surface area contributed by atoms with E-state index >= 15 is 0 Å². The van der Waals surface area contributed by atoms with Gasteiger partial charge in [-0.15, -0.1) is 0 Å². The van der Waals surface area contributed by atoms with Crippen LogP contribution in [0.5, 0.6) is 5.75 Å². The van der Waals surface area contributed by atoms with Crippen molar-refractivity contribution in [2.75, 3.05) is 13.1 Å². The van der Waals surface area contributed by atoms with Crippen molar-refractivity contribution >= 4 is 12.1 Å². The molecule has 6 heteroatoms. The van der Waals surface area contributed by atoms with Gasteiger partial charge >= 0.3 is 12.1 Å². The van der Waals surface area contributed by atoms with Crippen LogP contribution in [0.25, 0.3) is 0 Å². The van der Waals surface area contributed by atoms with E-state index in [4.69, 9.17) is 14.2 Å². The Morgan fingerprint density at radius 2 is 1.60 bits per heavy atom. The highest BCUT2D eigenvalue weighted by molar-refractivity contribution is 5.89. The second kappa shape index (κ2) is 9.65. The molecule has 0 aliphatic carbocycles. The summed E-state index contributed by atoms with van der Waals surface area (Å²) < 4.78 is 16.8. The number of amides is 1. The van der Waals surface area contributed by atoms with Gasteiger partial charge in [0.15, 0.2) is 0 Å². The Kier molecular flexibility index (Phi) is 6.98. The van der Waals surface area contributed by atoms with Crippen LogP contribution in [0.15, 0.2) is 54.6 Å². The van der Waals surface area contributed by atoms with Crippen LogP contribution in [0.2, 0.25) is 0 Å². The van der Waals surface area contributed by atoms with Crippen LogP contribution in [-0.2, 0) is 16.1 Å². The fraction of sp³-hybridized carbons (Fsp3) is 0.417. The molecular weight excluding hydrogens is 382 g/mol. The molecule has 1 aliphatic heterocycles. The van der Waals surface area contributed by atoms with E-state index in [1.807, 2.05) is 51.1 Å². The summed E-state index contributed by atoms with van der Waals surface area (Å²) in [6.07, 6.45) is 0.676. The number of piperidine rings is 1. The van der Waals surface area contributed by atoms with Crippen molar-refractivity contribution in [3.8, 4) is 5.75 Å². The van der Waals surface area contributed by atoms with Crippen LogP contribution >= 0.6 is 0 Å². The van der Waals surface area contributed by atoms with E-state index in [1.165, 1.54) is 0 Å². The summed E-state index contributed by atoms with van der Waals surface area (Å²) in [6.45, 7) is 7.03. The molecule has 0 saturated carbocycles. The summed E-state index contributed by atoms with van der Waals surface area (Å²) in [6, 6.07) is 16.9. The second-order valence-corrected chi connectivity index (χ2v) is 8.37. The molecule has 2 aromatic rings. The first-order valence-electron chi connectivity index (χ1n) is 10.3. The molecule has 0 spiro atoms. The van der Waals surface area contributed by atoms with Crippen molar-refractivity contribution in [3.05, 3.63) is 65.7 Å². The molecule has 1 heterocycles. The first-order chi connectivity index (χ1) is 14.3. The lowest BCUT2D eigenvalue weighted by Gasteiger charge is -2.33. The highest BCUT2D eigenvalue weighted by atomic mass is 16.6. The van der Waals surface area contributed by atoms with Gasteiger partial charge in [0.05, 0.1) is 5.56 Å². The SMILES string of the molecule is CC(C)(C)OC(=O)N1CCC(OC(=O)c2ccc(OCc3ccccc3)cc2)CC1. The quantitative estimate of drug-likeness (QED) is 0.660. The van der Waals surface area contributed by atoms with E-state index < -0.39 is 5.60 Å². The van der Waals surface area contributed by atoms with Gasteiger partial charge < -0.3 is 19.1 Å². The lowest BCUT2D eigenvalue weighted by atomic mass is 10.1. The van der Waals surface area contributed by atoms with Crippen LogP contribution < -0.4 is 4.74 Å². The predicted molar refractivity (Wildman–Crippen MR) is 113 cm³/mol. The van der Waals surface area contributed by atoms with Crippen LogP contribution in [0.1, 0.15) is 49.5 Å². The lowest BCUT2D eigenvalue weighted by Crippen LogP contribution is -2.43. The topological polar surface area (TPSA) is 65.1 Å². The molecule has 0 unspecified atom stereocenters. The van der Waals surface area contributed by atoms with Gasteiger partial charge in [-0.25, -0.2) is 9.59 Å². The summed E-state index contributed by atoms with van der Waals surface area (Å²) >= 11 is 0. The summed E-state index contributed by atoms with van der Waals surface area (Å²) in [5.74, 6) is 0.335. The first-order valence-corrected chi connectivity index (χ1v) is 10.3. The molecule has 0 bridgehead atoms. The van der Waals surface area contributed by atoms with Crippen molar-refractivity contribution in [1.29, 1.82) is 0 Å². The zero-order valence-electron chi connectivity index (χ0n) is 17.8. The number of hydrogen-bond donors (Lipinski definition) is 0. The smallest absolute Gasteiger partial charge is 0.410 e. The molecule has 3 rings (SSSR count). The molecule has 1 fully saturated rings. The molecule has 0 aromatic heterocycles. The highest BCUT2D eigenvalue weighted by Crippen LogP contribution is 2.20. The van der Waals surface area contributed by atoms with Gasteiger partial charge in [0, 0.05) is 25.9 Å². The van der Waals surface area contributed by atoms with Crippen LogP contribution in [-0.4, -0.2) is 41.8 Å². The van der Waals surface area contributed by atoms with Gasteiger partial charge in [0.2, 0.25) is 0 Å². The van der Waals surface area contributed by atoms with E-state index in [1.54, 1.807) is 29.2 Å². The maximum atomic E-state index is 12.4. The van der Waals surface area contributed by atoms with Crippen molar-refractivity contribution in [2.45, 2.75) is 51.9 Å². The van der Waals surface area contributed by atoms with Crippen LogP contribution in [0.4, 0.5) is 4.79 Å². The number of hydrogen-bond acceptors (Lipinski definition) is 5. The Morgan fingerprint density at radius 1 is 0.967 bits per heavy atom. The molecule has 2 aromatic carbocycles. The molecule has 0 radical (unpaired) electrons. The molecular formula is C24H29NO5. The lowest BCUT2D eigenvalue weighted by molar-refractivity contribution is -0.00340. The Labute approximate surface area is 177 Å². The van der Waals surface area contributed by atoms with Crippen molar-refractivity contribution in [3.63, 3.8) is 0 Å². The van der Waals surface area contributed by atoms with Crippen LogP contribution in [0, 0.1) is 0 Å². The summed E-state index contributed by atoms with van der Waals surface area (Å²) in [5.41, 5.74) is 1.05. The summed E-state index contributed by atoms with van der Waals surface area (Å²) in [4.78, 5) is 26.2. The minimum absolute atomic E-state index is 0.204. The zero-order chi connectivity index (χ0) is 21.6. The number of carbonyl (C=O) groups excluding carboxylic acids is 2. The molecule has 30 heavy (non-hydrogen) atoms. The Morgan fingerprint density at radius 3 is 2.20 bits per heavy atom. The van der Waals surface area contributed by atoms with Gasteiger partial charge in [-0.2, -0.15) is 0 Å². The van der Waals surface area contributed by atoms with E-state index in [0.29, 0.717) is 43.9 Å². The van der Waals surface area contributed by atoms with E-state index in [2.05, 4.69) is 0 Å². The highest BCUT2D eigenvalue weighted by Gasteiger charge is 2.28. The van der Waals surface area contributed by atoms with Gasteiger partial charge in [0.25, 0.3) is 0 Å². The molecule has 0 atom stereocenters. The number of nitrogens with zero attached hydrogens (tertiary/aromatic N) is 1. The number of ether oxygens (including phenoxy) is 3. The molecule has 160 valence electrons. The maximum absolute atomic E-state index is 12.4. The second-order valence-electron chi connectivity index (χ2n) is 8.37. The average Bonchev–Trinajstić information content (AvgIpc) is 2.72. The molecule has 0 N–H and O–H groups in total. The third-order valence-corrected chi connectivity index (χ3v) is 4.71. The normalized spacial score (nSPS) is 14.8. The maximum Gasteiger partial charge on any atom is 0.410 e. The minimum Gasteiger partial charge on any atom is -0.489 e. The number of esters is 1.